The van der Waals surface area contributed by atoms with E-state index < -0.39 is 0 Å². The summed E-state index contributed by atoms with van der Waals surface area (Å²) in [5.41, 5.74) is 8.78. The van der Waals surface area contributed by atoms with Crippen molar-refractivity contribution in [3.8, 4) is 0 Å². The number of hydrogen-bond donors (Lipinski definition) is 2. The van der Waals surface area contributed by atoms with Crippen LogP contribution in [-0.2, 0) is 12.8 Å². The van der Waals surface area contributed by atoms with Gasteiger partial charge < -0.3 is 11.1 Å². The van der Waals surface area contributed by atoms with Gasteiger partial charge in [0.1, 0.15) is 5.82 Å². The molecule has 0 unspecified atom stereocenters. The second kappa shape index (κ2) is 5.74. The van der Waals surface area contributed by atoms with E-state index in [2.05, 4.69) is 39.6 Å². The van der Waals surface area contributed by atoms with E-state index in [1.165, 1.54) is 11.1 Å². The van der Waals surface area contributed by atoms with E-state index in [1.807, 2.05) is 18.2 Å². The van der Waals surface area contributed by atoms with Crippen LogP contribution in [0.3, 0.4) is 0 Å². The standard InChI is InChI=1S/C16H18N4/c17-16(20-15-7-3-4-8-18-15)19-11-12-9-13-5-1-2-6-14(13)10-12/h1-8,12H,9-11H2,(H3,17,18,19,20). The van der Waals surface area contributed by atoms with Crippen LogP contribution in [0, 0.1) is 5.92 Å². The van der Waals surface area contributed by atoms with Crippen molar-refractivity contribution in [2.45, 2.75) is 12.8 Å². The third-order valence-corrected chi connectivity index (χ3v) is 3.58. The summed E-state index contributed by atoms with van der Waals surface area (Å²) in [5, 5.41) is 3.00. The number of pyridine rings is 1. The summed E-state index contributed by atoms with van der Waals surface area (Å²) in [4.78, 5) is 8.59. The van der Waals surface area contributed by atoms with Crippen LogP contribution in [-0.4, -0.2) is 17.5 Å². The highest BCUT2D eigenvalue weighted by Gasteiger charge is 2.20. The number of fused-ring (bicyclic) bond motifs is 1. The van der Waals surface area contributed by atoms with Gasteiger partial charge in [0.05, 0.1) is 0 Å². The zero-order valence-corrected chi connectivity index (χ0v) is 11.3. The van der Waals surface area contributed by atoms with Crippen molar-refractivity contribution in [2.24, 2.45) is 16.6 Å². The fourth-order valence-electron chi connectivity index (χ4n) is 2.61. The molecule has 3 N–H and O–H groups in total. The Morgan fingerprint density at radius 1 is 1.15 bits per heavy atom. The quantitative estimate of drug-likeness (QED) is 0.661. The van der Waals surface area contributed by atoms with E-state index in [4.69, 9.17) is 5.73 Å². The monoisotopic (exact) mass is 266 g/mol. The maximum Gasteiger partial charge on any atom is 0.194 e. The molecular formula is C16H18N4. The van der Waals surface area contributed by atoms with Crippen LogP contribution in [0.4, 0.5) is 5.82 Å². The number of nitrogens with zero attached hydrogens (tertiary/aromatic N) is 2. The van der Waals surface area contributed by atoms with Crippen LogP contribution in [0.5, 0.6) is 0 Å². The van der Waals surface area contributed by atoms with Gasteiger partial charge in [-0.3, -0.25) is 4.99 Å². The first kappa shape index (κ1) is 12.7. The van der Waals surface area contributed by atoms with Crippen molar-refractivity contribution in [1.29, 1.82) is 0 Å². The van der Waals surface area contributed by atoms with Crippen molar-refractivity contribution in [2.75, 3.05) is 11.9 Å². The third-order valence-electron chi connectivity index (χ3n) is 3.58. The van der Waals surface area contributed by atoms with Gasteiger partial charge in [-0.1, -0.05) is 30.3 Å². The number of benzene rings is 1. The maximum atomic E-state index is 5.89. The third kappa shape index (κ3) is 2.96. The minimum Gasteiger partial charge on any atom is -0.370 e. The molecule has 0 atom stereocenters. The minimum atomic E-state index is 0.430. The van der Waals surface area contributed by atoms with Crippen LogP contribution < -0.4 is 11.1 Å². The first-order valence-electron chi connectivity index (χ1n) is 6.86. The van der Waals surface area contributed by atoms with E-state index in [-0.39, 0.29) is 0 Å². The molecule has 0 fully saturated rings. The molecule has 1 aromatic heterocycles. The lowest BCUT2D eigenvalue weighted by atomic mass is 10.1. The van der Waals surface area contributed by atoms with Crippen molar-refractivity contribution in [1.82, 2.24) is 4.98 Å². The number of hydrogen-bond acceptors (Lipinski definition) is 2. The molecule has 102 valence electrons. The molecule has 4 heteroatoms. The topological polar surface area (TPSA) is 63.3 Å². The fourth-order valence-corrected chi connectivity index (χ4v) is 2.61. The van der Waals surface area contributed by atoms with E-state index in [0.29, 0.717) is 11.9 Å². The Kier molecular flexibility index (Phi) is 3.63. The Morgan fingerprint density at radius 3 is 2.50 bits per heavy atom. The molecule has 0 saturated heterocycles. The van der Waals surface area contributed by atoms with Gasteiger partial charge in [0.25, 0.3) is 0 Å². The predicted molar refractivity (Wildman–Crippen MR) is 81.7 cm³/mol. The largest absolute Gasteiger partial charge is 0.370 e. The molecule has 0 aliphatic heterocycles. The van der Waals surface area contributed by atoms with Gasteiger partial charge in [0, 0.05) is 12.7 Å². The van der Waals surface area contributed by atoms with Gasteiger partial charge >= 0.3 is 0 Å². The van der Waals surface area contributed by atoms with Crippen LogP contribution in [0.1, 0.15) is 11.1 Å². The lowest BCUT2D eigenvalue weighted by molar-refractivity contribution is 0.576. The fraction of sp³-hybridized carbons (Fsp3) is 0.250. The Hall–Kier alpha value is -2.36. The second-order valence-electron chi connectivity index (χ2n) is 5.11. The van der Waals surface area contributed by atoms with Crippen LogP contribution >= 0.6 is 0 Å². The molecule has 0 radical (unpaired) electrons. The highest BCUT2D eigenvalue weighted by Crippen LogP contribution is 2.26. The molecule has 0 saturated carbocycles. The van der Waals surface area contributed by atoms with E-state index in [0.717, 1.165) is 25.2 Å². The number of rotatable bonds is 3. The summed E-state index contributed by atoms with van der Waals surface area (Å²) < 4.78 is 0. The highest BCUT2D eigenvalue weighted by atomic mass is 15.1. The summed E-state index contributed by atoms with van der Waals surface area (Å²) in [7, 11) is 0. The van der Waals surface area contributed by atoms with E-state index >= 15 is 0 Å². The van der Waals surface area contributed by atoms with Gasteiger partial charge in [0.2, 0.25) is 0 Å². The average Bonchev–Trinajstić information content (AvgIpc) is 2.89. The molecule has 1 aliphatic carbocycles. The zero-order chi connectivity index (χ0) is 13.8. The minimum absolute atomic E-state index is 0.430. The smallest absolute Gasteiger partial charge is 0.194 e. The molecule has 4 nitrogen and oxygen atoms in total. The Bertz CT molecular complexity index is 582. The summed E-state index contributed by atoms with van der Waals surface area (Å²) in [6.07, 6.45) is 3.91. The summed E-state index contributed by atoms with van der Waals surface area (Å²) in [5.74, 6) is 1.71. The zero-order valence-electron chi connectivity index (χ0n) is 11.3. The van der Waals surface area contributed by atoms with Gasteiger partial charge in [-0.25, -0.2) is 4.98 Å². The molecule has 1 aliphatic rings. The molecule has 1 aromatic carbocycles. The van der Waals surface area contributed by atoms with Gasteiger partial charge in [-0.15, -0.1) is 0 Å². The van der Waals surface area contributed by atoms with Crippen molar-refractivity contribution in [3.63, 3.8) is 0 Å². The number of nitrogens with one attached hydrogen (secondary N) is 1. The lowest BCUT2D eigenvalue weighted by Gasteiger charge is -2.07. The molecule has 0 amide bonds. The molecule has 3 rings (SSSR count). The number of aliphatic imine (C=N–C) groups is 1. The molecule has 0 spiro atoms. The Morgan fingerprint density at radius 2 is 1.85 bits per heavy atom. The van der Waals surface area contributed by atoms with E-state index in [1.54, 1.807) is 6.20 Å². The highest BCUT2D eigenvalue weighted by molar-refractivity contribution is 5.91. The number of aromatic nitrogens is 1. The Labute approximate surface area is 118 Å². The first-order chi connectivity index (χ1) is 9.81. The lowest BCUT2D eigenvalue weighted by Crippen LogP contribution is -2.24. The number of anilines is 1. The van der Waals surface area contributed by atoms with Gasteiger partial charge in [-0.2, -0.15) is 0 Å². The second-order valence-corrected chi connectivity index (χ2v) is 5.11. The first-order valence-corrected chi connectivity index (χ1v) is 6.86. The molecule has 2 aromatic rings. The number of nitrogens with two attached hydrogens (primary N) is 1. The summed E-state index contributed by atoms with van der Waals surface area (Å²) in [6, 6.07) is 14.3. The van der Waals surface area contributed by atoms with Crippen LogP contribution in [0.25, 0.3) is 0 Å². The van der Waals surface area contributed by atoms with E-state index in [9.17, 15) is 0 Å². The Balaban J connectivity index is 1.56. The SMILES string of the molecule is NC(=NCC1Cc2ccccc2C1)Nc1ccccn1. The molecule has 0 bridgehead atoms. The number of guanidine groups is 1. The summed E-state index contributed by atoms with van der Waals surface area (Å²) >= 11 is 0. The molecule has 20 heavy (non-hydrogen) atoms. The molecule has 1 heterocycles. The van der Waals surface area contributed by atoms with Crippen LogP contribution in [0.15, 0.2) is 53.7 Å². The van der Waals surface area contributed by atoms with Crippen molar-refractivity contribution in [3.05, 3.63) is 59.8 Å². The van der Waals surface area contributed by atoms with Crippen LogP contribution in [0.2, 0.25) is 0 Å². The van der Waals surface area contributed by atoms with Crippen molar-refractivity contribution < 1.29 is 0 Å². The summed E-state index contributed by atoms with van der Waals surface area (Å²) in [6.45, 7) is 0.750. The van der Waals surface area contributed by atoms with Gasteiger partial charge in [0.15, 0.2) is 5.96 Å². The average molecular weight is 266 g/mol. The molecular weight excluding hydrogens is 248 g/mol. The maximum absolute atomic E-state index is 5.89. The van der Waals surface area contributed by atoms with Gasteiger partial charge in [-0.05, 0) is 42.0 Å². The predicted octanol–water partition coefficient (Wildman–Crippen LogP) is 2.22. The van der Waals surface area contributed by atoms with Crippen molar-refractivity contribution >= 4 is 11.8 Å². The normalized spacial score (nSPS) is 15.1.